The molecule has 0 aliphatic heterocycles. The molecule has 162 valence electrons. The topological polar surface area (TPSA) is 140 Å². The number of nitrogens with one attached hydrogen (secondary N) is 2. The van der Waals surface area contributed by atoms with Crippen LogP contribution >= 0.6 is 0 Å². The Hall–Kier alpha value is -3.51. The van der Waals surface area contributed by atoms with Crippen LogP contribution in [0.4, 0.5) is 33.5 Å². The molecule has 30 heavy (non-hydrogen) atoms. The lowest BCUT2D eigenvalue weighted by Crippen LogP contribution is -2.34. The standard InChI is InChI=1S/C17H17F5N6O2/c1-7(17(21,22)6-30-16(24)25)12-9(18)2-3-11(27-12)28-15(29)13-10(23)4-8(5-26-13)14(19)20/h2-5,7,14H,6,23H2,1H3,(H3,24,25)(H,27,28,29)/t7-/m0/s1. The van der Waals surface area contributed by atoms with Gasteiger partial charge in [0.25, 0.3) is 24.3 Å². The van der Waals surface area contributed by atoms with E-state index >= 15 is 0 Å². The number of hydrogen-bond donors (Lipinski definition) is 4. The Morgan fingerprint density at radius 2 is 2.03 bits per heavy atom. The first-order valence-corrected chi connectivity index (χ1v) is 8.28. The molecule has 0 saturated heterocycles. The van der Waals surface area contributed by atoms with Crippen LogP contribution in [0.3, 0.4) is 0 Å². The first kappa shape index (κ1) is 22.8. The minimum atomic E-state index is -3.64. The molecule has 0 unspecified atom stereocenters. The monoisotopic (exact) mass is 432 g/mol. The third-order valence-electron chi connectivity index (χ3n) is 3.98. The number of amidine groups is 1. The van der Waals surface area contributed by atoms with E-state index in [1.807, 2.05) is 0 Å². The summed E-state index contributed by atoms with van der Waals surface area (Å²) < 4.78 is 72.1. The van der Waals surface area contributed by atoms with Crippen LogP contribution in [0.25, 0.3) is 0 Å². The molecular formula is C17H17F5N6O2. The number of carbonyl (C=O) groups excluding carboxylic acids is 1. The minimum Gasteiger partial charge on any atom is -0.459 e. The van der Waals surface area contributed by atoms with Crippen LogP contribution in [0.15, 0.2) is 24.4 Å². The summed E-state index contributed by atoms with van der Waals surface area (Å²) in [5, 5.41) is 9.03. The van der Waals surface area contributed by atoms with Crippen LogP contribution in [0.1, 0.15) is 41.0 Å². The number of ether oxygens (including phenoxy) is 1. The zero-order valence-corrected chi connectivity index (χ0v) is 15.4. The van der Waals surface area contributed by atoms with E-state index in [1.165, 1.54) is 0 Å². The second-order valence-corrected chi connectivity index (χ2v) is 6.16. The third kappa shape index (κ3) is 5.30. The van der Waals surface area contributed by atoms with Gasteiger partial charge in [-0.25, -0.2) is 31.9 Å². The summed E-state index contributed by atoms with van der Waals surface area (Å²) in [5.74, 6) is -7.77. The van der Waals surface area contributed by atoms with Crippen molar-refractivity contribution in [3.05, 3.63) is 47.2 Å². The molecule has 8 nitrogen and oxygen atoms in total. The Morgan fingerprint density at radius 3 is 2.60 bits per heavy atom. The van der Waals surface area contributed by atoms with Gasteiger partial charge in [-0.2, -0.15) is 0 Å². The van der Waals surface area contributed by atoms with E-state index in [0.29, 0.717) is 0 Å². The number of rotatable bonds is 7. The van der Waals surface area contributed by atoms with E-state index in [0.717, 1.165) is 31.3 Å². The van der Waals surface area contributed by atoms with E-state index in [1.54, 1.807) is 0 Å². The third-order valence-corrected chi connectivity index (χ3v) is 3.98. The summed E-state index contributed by atoms with van der Waals surface area (Å²) in [4.78, 5) is 19.5. The fourth-order valence-electron chi connectivity index (χ4n) is 2.31. The van der Waals surface area contributed by atoms with Crippen LogP contribution in [0, 0.1) is 11.2 Å². The molecule has 2 aromatic heterocycles. The number of halogens is 5. The van der Waals surface area contributed by atoms with Crippen molar-refractivity contribution in [2.75, 3.05) is 17.7 Å². The largest absolute Gasteiger partial charge is 0.459 e. The first-order valence-electron chi connectivity index (χ1n) is 8.28. The summed E-state index contributed by atoms with van der Waals surface area (Å²) in [7, 11) is 0. The van der Waals surface area contributed by atoms with E-state index in [-0.39, 0.29) is 11.5 Å². The van der Waals surface area contributed by atoms with Gasteiger partial charge in [-0.05, 0) is 18.2 Å². The maximum Gasteiger partial charge on any atom is 0.289 e. The molecule has 0 aliphatic carbocycles. The number of amides is 1. The maximum absolute atomic E-state index is 14.2. The normalized spacial score (nSPS) is 12.5. The van der Waals surface area contributed by atoms with Crippen molar-refractivity contribution >= 4 is 23.4 Å². The van der Waals surface area contributed by atoms with Crippen LogP contribution in [0.2, 0.25) is 0 Å². The second-order valence-electron chi connectivity index (χ2n) is 6.16. The van der Waals surface area contributed by atoms with Crippen molar-refractivity contribution in [1.29, 1.82) is 5.41 Å². The lowest BCUT2D eigenvalue weighted by molar-refractivity contribution is -0.0659. The lowest BCUT2D eigenvalue weighted by atomic mass is 9.99. The fourth-order valence-corrected chi connectivity index (χ4v) is 2.31. The zero-order valence-electron chi connectivity index (χ0n) is 15.4. The van der Waals surface area contributed by atoms with Gasteiger partial charge in [0.15, 0.2) is 12.3 Å². The molecule has 1 atom stereocenters. The highest BCUT2D eigenvalue weighted by Crippen LogP contribution is 2.34. The molecule has 0 radical (unpaired) electrons. The van der Waals surface area contributed by atoms with Crippen LogP contribution in [0.5, 0.6) is 0 Å². The Balaban J connectivity index is 2.24. The highest BCUT2D eigenvalue weighted by atomic mass is 19.3. The average Bonchev–Trinajstić information content (AvgIpc) is 2.67. The van der Waals surface area contributed by atoms with Crippen LogP contribution < -0.4 is 16.8 Å². The quantitative estimate of drug-likeness (QED) is 0.301. The Kier molecular flexibility index (Phi) is 6.74. The van der Waals surface area contributed by atoms with Crippen molar-refractivity contribution < 1.29 is 31.5 Å². The van der Waals surface area contributed by atoms with E-state index in [4.69, 9.17) is 16.9 Å². The molecule has 0 aromatic carbocycles. The predicted octanol–water partition coefficient (Wildman–Crippen LogP) is 3.04. The fraction of sp³-hybridized carbons (Fsp3) is 0.294. The van der Waals surface area contributed by atoms with Gasteiger partial charge < -0.3 is 21.5 Å². The maximum atomic E-state index is 14.2. The van der Waals surface area contributed by atoms with Crippen LogP contribution in [-0.4, -0.2) is 34.4 Å². The summed E-state index contributed by atoms with van der Waals surface area (Å²) in [6.07, 6.45) is -2.08. The molecule has 0 spiro atoms. The lowest BCUT2D eigenvalue weighted by Gasteiger charge is -2.23. The molecule has 2 rings (SSSR count). The number of aromatic nitrogens is 2. The summed E-state index contributed by atoms with van der Waals surface area (Å²) in [6.45, 7) is -0.304. The number of hydrogen-bond acceptors (Lipinski definition) is 6. The predicted molar refractivity (Wildman–Crippen MR) is 97.0 cm³/mol. The summed E-state index contributed by atoms with van der Waals surface area (Å²) >= 11 is 0. The number of carbonyl (C=O) groups is 1. The molecule has 1 amide bonds. The highest BCUT2D eigenvalue weighted by molar-refractivity contribution is 6.05. The number of pyridine rings is 2. The molecular weight excluding hydrogens is 415 g/mol. The number of nitrogens with two attached hydrogens (primary N) is 2. The smallest absolute Gasteiger partial charge is 0.289 e. The highest BCUT2D eigenvalue weighted by Gasteiger charge is 2.41. The Morgan fingerprint density at radius 1 is 1.37 bits per heavy atom. The molecule has 2 heterocycles. The number of alkyl halides is 4. The van der Waals surface area contributed by atoms with E-state index in [2.05, 4.69) is 20.0 Å². The Labute approximate surface area is 167 Å². The summed E-state index contributed by atoms with van der Waals surface area (Å²) in [6, 6.07) is 1.76. The van der Waals surface area contributed by atoms with Gasteiger partial charge in [0.05, 0.1) is 17.3 Å². The van der Waals surface area contributed by atoms with Gasteiger partial charge in [-0.3, -0.25) is 10.2 Å². The molecule has 6 N–H and O–H groups in total. The zero-order chi connectivity index (χ0) is 22.6. The van der Waals surface area contributed by atoms with E-state index < -0.39 is 59.6 Å². The van der Waals surface area contributed by atoms with Gasteiger partial charge in [0.2, 0.25) is 0 Å². The molecule has 13 heteroatoms. The second kappa shape index (κ2) is 8.88. The SMILES string of the molecule is C[C@@H](c1nc(NC(=O)c2ncc(C(F)F)cc2N)ccc1F)C(F)(F)COC(=N)N. The van der Waals surface area contributed by atoms with Crippen LogP contribution in [-0.2, 0) is 4.74 Å². The first-order chi connectivity index (χ1) is 13.9. The van der Waals surface area contributed by atoms with Gasteiger partial charge >= 0.3 is 0 Å². The molecule has 0 bridgehead atoms. The number of anilines is 2. The van der Waals surface area contributed by atoms with Gasteiger partial charge in [-0.1, -0.05) is 6.92 Å². The summed E-state index contributed by atoms with van der Waals surface area (Å²) in [5.41, 5.74) is 8.51. The minimum absolute atomic E-state index is 0.300. The number of nitrogen functional groups attached to an aromatic ring is 1. The molecule has 0 saturated carbocycles. The molecule has 0 fully saturated rings. The molecule has 0 aliphatic rings. The van der Waals surface area contributed by atoms with Gasteiger partial charge in [-0.15, -0.1) is 0 Å². The van der Waals surface area contributed by atoms with Crippen molar-refractivity contribution in [1.82, 2.24) is 9.97 Å². The van der Waals surface area contributed by atoms with E-state index in [9.17, 15) is 26.7 Å². The van der Waals surface area contributed by atoms with Crippen molar-refractivity contribution in [3.63, 3.8) is 0 Å². The van der Waals surface area contributed by atoms with Crippen molar-refractivity contribution in [2.45, 2.75) is 25.2 Å². The number of nitrogens with zero attached hydrogens (tertiary/aromatic N) is 2. The van der Waals surface area contributed by atoms with Gasteiger partial charge in [0, 0.05) is 11.8 Å². The average molecular weight is 432 g/mol. The Bertz CT molecular complexity index is 956. The molecule has 2 aromatic rings. The van der Waals surface area contributed by atoms with Gasteiger partial charge in [0.1, 0.15) is 11.6 Å². The van der Waals surface area contributed by atoms with Crippen molar-refractivity contribution in [2.24, 2.45) is 5.73 Å². The van der Waals surface area contributed by atoms with Crippen molar-refractivity contribution in [3.8, 4) is 0 Å².